The molecular formula is C11H12BrN3S. The van der Waals surface area contributed by atoms with E-state index in [1.165, 1.54) is 17.7 Å². The Morgan fingerprint density at radius 2 is 2.38 bits per heavy atom. The van der Waals surface area contributed by atoms with E-state index in [4.69, 9.17) is 0 Å². The van der Waals surface area contributed by atoms with Crippen molar-refractivity contribution in [3.05, 3.63) is 27.9 Å². The van der Waals surface area contributed by atoms with Crippen LogP contribution in [-0.4, -0.2) is 16.0 Å². The van der Waals surface area contributed by atoms with Gasteiger partial charge < -0.3 is 10.3 Å². The van der Waals surface area contributed by atoms with E-state index in [9.17, 15) is 0 Å². The summed E-state index contributed by atoms with van der Waals surface area (Å²) >= 11 is 5.18. The van der Waals surface area contributed by atoms with Crippen LogP contribution < -0.4 is 5.32 Å². The van der Waals surface area contributed by atoms with Crippen molar-refractivity contribution in [2.24, 2.45) is 0 Å². The van der Waals surface area contributed by atoms with Gasteiger partial charge in [-0.3, -0.25) is 0 Å². The summed E-state index contributed by atoms with van der Waals surface area (Å²) in [5, 5.41) is 3.44. The minimum absolute atomic E-state index is 0.726. The summed E-state index contributed by atoms with van der Waals surface area (Å²) in [7, 11) is 0. The number of imidazole rings is 1. The molecule has 3 nitrogen and oxygen atoms in total. The minimum atomic E-state index is 0.726. The summed E-state index contributed by atoms with van der Waals surface area (Å²) in [5.74, 6) is 1.02. The first kappa shape index (κ1) is 10.5. The summed E-state index contributed by atoms with van der Waals surface area (Å²) in [6.45, 7) is 0.844. The van der Waals surface area contributed by atoms with Gasteiger partial charge in [-0.25, -0.2) is 4.98 Å². The molecule has 5 heteroatoms. The molecule has 84 valence electrons. The zero-order chi connectivity index (χ0) is 11.0. The zero-order valence-corrected chi connectivity index (χ0v) is 11.1. The molecule has 0 bridgehead atoms. The average molecular weight is 298 g/mol. The van der Waals surface area contributed by atoms with Gasteiger partial charge in [0.15, 0.2) is 0 Å². The predicted molar refractivity (Wildman–Crippen MR) is 69.5 cm³/mol. The van der Waals surface area contributed by atoms with E-state index < -0.39 is 0 Å². The largest absolute Gasteiger partial charge is 0.340 e. The second-order valence-corrected chi connectivity index (χ2v) is 6.47. The minimum Gasteiger partial charge on any atom is -0.340 e. The lowest BCUT2D eigenvalue weighted by molar-refractivity contribution is 0.664. The molecule has 2 aromatic rings. The lowest BCUT2D eigenvalue weighted by Crippen LogP contribution is -2.16. The van der Waals surface area contributed by atoms with Crippen molar-refractivity contribution >= 4 is 27.3 Å². The van der Waals surface area contributed by atoms with Crippen molar-refractivity contribution in [2.75, 3.05) is 0 Å². The highest BCUT2D eigenvalue weighted by Gasteiger charge is 2.20. The normalized spacial score (nSPS) is 15.6. The van der Waals surface area contributed by atoms with E-state index >= 15 is 0 Å². The average Bonchev–Trinajstić information content (AvgIpc) is 2.81. The van der Waals surface area contributed by atoms with Crippen LogP contribution in [0.1, 0.15) is 18.7 Å². The van der Waals surface area contributed by atoms with Crippen LogP contribution >= 0.6 is 27.3 Å². The van der Waals surface area contributed by atoms with Gasteiger partial charge in [0.1, 0.15) is 5.82 Å². The van der Waals surface area contributed by atoms with Crippen LogP contribution in [0.15, 0.2) is 22.1 Å². The molecule has 2 N–H and O–H groups in total. The van der Waals surface area contributed by atoms with Crippen molar-refractivity contribution in [3.8, 4) is 10.6 Å². The lowest BCUT2D eigenvalue weighted by atomic mass is 10.4. The van der Waals surface area contributed by atoms with Crippen molar-refractivity contribution < 1.29 is 0 Å². The number of H-pyrrole nitrogens is 1. The van der Waals surface area contributed by atoms with Crippen LogP contribution in [0.3, 0.4) is 0 Å². The lowest BCUT2D eigenvalue weighted by Gasteiger charge is -1.97. The number of hydrogen-bond donors (Lipinski definition) is 2. The SMILES string of the molecule is Brc1ccc(-c2cnc(CNC3CC3)[nH]2)s1. The maximum atomic E-state index is 4.37. The molecule has 0 aromatic carbocycles. The van der Waals surface area contributed by atoms with Crippen LogP contribution in [-0.2, 0) is 6.54 Å². The summed E-state index contributed by atoms with van der Waals surface area (Å²) in [4.78, 5) is 8.94. The van der Waals surface area contributed by atoms with Gasteiger partial charge in [0.25, 0.3) is 0 Å². The monoisotopic (exact) mass is 297 g/mol. The number of nitrogens with zero attached hydrogens (tertiary/aromatic N) is 1. The second kappa shape index (κ2) is 4.31. The van der Waals surface area contributed by atoms with Gasteiger partial charge in [-0.2, -0.15) is 0 Å². The third-order valence-electron chi connectivity index (χ3n) is 2.60. The summed E-state index contributed by atoms with van der Waals surface area (Å²) < 4.78 is 1.15. The fraction of sp³-hybridized carbons (Fsp3) is 0.364. The Hall–Kier alpha value is -0.650. The third kappa shape index (κ3) is 2.36. The predicted octanol–water partition coefficient (Wildman–Crippen LogP) is 3.15. The second-order valence-electron chi connectivity index (χ2n) is 4.00. The van der Waals surface area contributed by atoms with Crippen molar-refractivity contribution in [1.82, 2.24) is 15.3 Å². The Labute approximate surface area is 106 Å². The molecule has 0 spiro atoms. The number of halogens is 1. The van der Waals surface area contributed by atoms with Gasteiger partial charge in [0, 0.05) is 6.04 Å². The van der Waals surface area contributed by atoms with E-state index in [2.05, 4.69) is 43.3 Å². The van der Waals surface area contributed by atoms with Crippen molar-refractivity contribution in [2.45, 2.75) is 25.4 Å². The van der Waals surface area contributed by atoms with Crippen LogP contribution in [0.4, 0.5) is 0 Å². The zero-order valence-electron chi connectivity index (χ0n) is 8.66. The molecule has 0 saturated heterocycles. The molecule has 0 atom stereocenters. The maximum Gasteiger partial charge on any atom is 0.120 e. The molecule has 0 unspecified atom stereocenters. The van der Waals surface area contributed by atoms with Crippen LogP contribution in [0.2, 0.25) is 0 Å². The van der Waals surface area contributed by atoms with E-state index in [1.54, 1.807) is 11.3 Å². The molecule has 2 heterocycles. The number of aromatic amines is 1. The first-order valence-corrected chi connectivity index (χ1v) is 6.95. The molecule has 1 aliphatic carbocycles. The summed E-state index contributed by atoms with van der Waals surface area (Å²) in [6, 6.07) is 4.88. The highest BCUT2D eigenvalue weighted by atomic mass is 79.9. The molecule has 0 amide bonds. The van der Waals surface area contributed by atoms with Gasteiger partial charge in [0.2, 0.25) is 0 Å². The van der Waals surface area contributed by atoms with Crippen molar-refractivity contribution in [3.63, 3.8) is 0 Å². The Morgan fingerprint density at radius 3 is 3.06 bits per heavy atom. The summed E-state index contributed by atoms with van der Waals surface area (Å²) in [5.41, 5.74) is 1.10. The Morgan fingerprint density at radius 1 is 1.50 bits per heavy atom. The fourth-order valence-electron chi connectivity index (χ4n) is 1.57. The standard InChI is InChI=1S/C11H12BrN3S/c12-10-4-3-9(16-10)8-5-14-11(15-8)6-13-7-1-2-7/h3-5,7,13H,1-2,6H2,(H,14,15). The number of nitrogens with one attached hydrogen (secondary N) is 2. The van der Waals surface area contributed by atoms with E-state index in [0.29, 0.717) is 0 Å². The number of thiophene rings is 1. The molecule has 1 saturated carbocycles. The first-order valence-electron chi connectivity index (χ1n) is 5.34. The number of hydrogen-bond acceptors (Lipinski definition) is 3. The Kier molecular flexibility index (Phi) is 2.83. The maximum absolute atomic E-state index is 4.37. The van der Waals surface area contributed by atoms with Crippen molar-refractivity contribution in [1.29, 1.82) is 0 Å². The topological polar surface area (TPSA) is 40.7 Å². The molecule has 2 aromatic heterocycles. The third-order valence-corrected chi connectivity index (χ3v) is 4.26. The Bertz CT molecular complexity index is 487. The number of aromatic nitrogens is 2. The molecule has 1 fully saturated rings. The molecule has 16 heavy (non-hydrogen) atoms. The molecular weight excluding hydrogens is 286 g/mol. The molecule has 3 rings (SSSR count). The fourth-order valence-corrected chi connectivity index (χ4v) is 2.92. The van der Waals surface area contributed by atoms with Gasteiger partial charge in [0.05, 0.1) is 27.1 Å². The van der Waals surface area contributed by atoms with Gasteiger partial charge >= 0.3 is 0 Å². The molecule has 0 radical (unpaired) electrons. The van der Waals surface area contributed by atoms with Crippen LogP contribution in [0.5, 0.6) is 0 Å². The highest BCUT2D eigenvalue weighted by Crippen LogP contribution is 2.30. The van der Waals surface area contributed by atoms with Crippen LogP contribution in [0, 0.1) is 0 Å². The van der Waals surface area contributed by atoms with E-state index in [1.807, 2.05) is 6.20 Å². The van der Waals surface area contributed by atoms with Gasteiger partial charge in [-0.15, -0.1) is 11.3 Å². The van der Waals surface area contributed by atoms with E-state index in [0.717, 1.165) is 27.9 Å². The first-order chi connectivity index (χ1) is 7.81. The number of rotatable bonds is 4. The Balaban J connectivity index is 1.71. The molecule has 0 aliphatic heterocycles. The molecule has 1 aliphatic rings. The van der Waals surface area contributed by atoms with Gasteiger partial charge in [-0.05, 0) is 40.9 Å². The quantitative estimate of drug-likeness (QED) is 0.910. The van der Waals surface area contributed by atoms with Crippen LogP contribution in [0.25, 0.3) is 10.6 Å². The van der Waals surface area contributed by atoms with Gasteiger partial charge in [-0.1, -0.05) is 0 Å². The van der Waals surface area contributed by atoms with E-state index in [-0.39, 0.29) is 0 Å². The summed E-state index contributed by atoms with van der Waals surface area (Å²) in [6.07, 6.45) is 4.53. The smallest absolute Gasteiger partial charge is 0.120 e. The highest BCUT2D eigenvalue weighted by molar-refractivity contribution is 9.11.